The minimum atomic E-state index is -4.66. The molecule has 2 unspecified atom stereocenters. The Labute approximate surface area is 306 Å². The summed E-state index contributed by atoms with van der Waals surface area (Å²) in [6.07, 6.45) is 19.8. The Hall–Kier alpha value is -2.90. The highest BCUT2D eigenvalue weighted by molar-refractivity contribution is 5.71. The number of nitrogens with zero attached hydrogens (tertiary/aromatic N) is 1. The molecule has 3 N–H and O–H groups in total. The second-order valence-electron chi connectivity index (χ2n) is 14.9. The molecule has 1 heterocycles. The minimum absolute atomic E-state index is 0.0102. The van der Waals surface area contributed by atoms with E-state index in [0.29, 0.717) is 17.7 Å². The maximum atomic E-state index is 14.5. The molecule has 2 aromatic rings. The second-order valence-corrected chi connectivity index (χ2v) is 14.9. The number of benzene rings is 2. The van der Waals surface area contributed by atoms with E-state index in [1.54, 1.807) is 0 Å². The van der Waals surface area contributed by atoms with Gasteiger partial charge in [-0.05, 0) is 37.8 Å². The third-order valence-corrected chi connectivity index (χ3v) is 10.6. The molecule has 0 saturated heterocycles. The lowest BCUT2D eigenvalue weighted by molar-refractivity contribution is -0.142. The summed E-state index contributed by atoms with van der Waals surface area (Å²) >= 11 is 0. The van der Waals surface area contributed by atoms with Crippen molar-refractivity contribution >= 4 is 17.3 Å². The number of nitrogens with two attached hydrogens (primary N) is 1. The van der Waals surface area contributed by atoms with Crippen LogP contribution in [0.1, 0.15) is 185 Å². The largest absolute Gasteiger partial charge is 0.481 e. The van der Waals surface area contributed by atoms with Crippen molar-refractivity contribution in [2.24, 2.45) is 5.92 Å². The van der Waals surface area contributed by atoms with Gasteiger partial charge in [-0.15, -0.1) is 0 Å². The van der Waals surface area contributed by atoms with Crippen LogP contribution in [0, 0.1) is 5.92 Å². The number of rotatable bonds is 27. The molecule has 2 aromatic carbocycles. The first kappa shape index (κ1) is 42.5. The molecule has 8 heteroatoms. The molecular weight excluding hydrogens is 649 g/mol. The zero-order chi connectivity index (χ0) is 37.1. The van der Waals surface area contributed by atoms with Crippen LogP contribution in [0.25, 0.3) is 0 Å². The van der Waals surface area contributed by atoms with Crippen LogP contribution in [-0.2, 0) is 11.0 Å². The van der Waals surface area contributed by atoms with Crippen LogP contribution in [0.2, 0.25) is 0 Å². The van der Waals surface area contributed by atoms with Gasteiger partial charge in [0.1, 0.15) is 11.5 Å². The summed E-state index contributed by atoms with van der Waals surface area (Å²) in [7, 11) is 0. The molecule has 5 nitrogen and oxygen atoms in total. The highest BCUT2D eigenvalue weighted by Crippen LogP contribution is 2.53. The molecule has 51 heavy (non-hydrogen) atoms. The summed E-state index contributed by atoms with van der Waals surface area (Å²) < 4.78 is 49.7. The average molecular weight is 717 g/mol. The number of fused-ring (bicyclic) bond motifs is 2. The van der Waals surface area contributed by atoms with E-state index < -0.39 is 29.5 Å². The van der Waals surface area contributed by atoms with Gasteiger partial charge in [0.2, 0.25) is 0 Å². The Morgan fingerprint density at radius 2 is 1.25 bits per heavy atom. The molecule has 0 spiro atoms. The number of carboxylic acids is 1. The number of carbonyl (C=O) groups is 1. The van der Waals surface area contributed by atoms with Crippen LogP contribution >= 0.6 is 0 Å². The highest BCUT2D eigenvalue weighted by Gasteiger charge is 2.42. The van der Waals surface area contributed by atoms with Crippen LogP contribution < -0.4 is 15.4 Å². The van der Waals surface area contributed by atoms with E-state index in [-0.39, 0.29) is 23.4 Å². The normalized spacial score (nSPS) is 14.5. The molecule has 2 atom stereocenters. The Morgan fingerprint density at radius 1 is 0.745 bits per heavy atom. The van der Waals surface area contributed by atoms with Crippen LogP contribution in [0.15, 0.2) is 30.3 Å². The van der Waals surface area contributed by atoms with Crippen LogP contribution in [-0.4, -0.2) is 24.2 Å². The lowest BCUT2D eigenvalue weighted by Crippen LogP contribution is -2.26. The van der Waals surface area contributed by atoms with E-state index in [2.05, 4.69) is 25.7 Å². The first-order valence-corrected chi connectivity index (χ1v) is 20.4. The summed E-state index contributed by atoms with van der Waals surface area (Å²) in [5.41, 5.74) is 6.64. The maximum Gasteiger partial charge on any atom is 0.416 e. The van der Waals surface area contributed by atoms with Crippen molar-refractivity contribution in [2.75, 3.05) is 23.7 Å². The average Bonchev–Trinajstić information content (AvgIpc) is 3.09. The quantitative estimate of drug-likeness (QED) is 0.0711. The number of aliphatic carboxylic acids is 1. The van der Waals surface area contributed by atoms with Gasteiger partial charge in [0.05, 0.1) is 11.5 Å². The molecule has 1 aliphatic heterocycles. The molecule has 0 saturated carbocycles. The molecule has 0 fully saturated rings. The van der Waals surface area contributed by atoms with E-state index in [1.165, 1.54) is 83.1 Å². The van der Waals surface area contributed by atoms with Crippen molar-refractivity contribution in [2.45, 2.75) is 174 Å². The number of unbranched alkanes of at least 4 members (excludes halogenated alkanes) is 17. The topological polar surface area (TPSA) is 75.8 Å². The predicted octanol–water partition coefficient (Wildman–Crippen LogP) is 13.7. The highest BCUT2D eigenvalue weighted by atomic mass is 19.4. The van der Waals surface area contributed by atoms with Gasteiger partial charge in [-0.1, -0.05) is 142 Å². The zero-order valence-electron chi connectivity index (χ0n) is 31.9. The third-order valence-electron chi connectivity index (χ3n) is 10.6. The van der Waals surface area contributed by atoms with Crippen molar-refractivity contribution in [1.29, 1.82) is 0 Å². The number of alkyl halides is 3. The smallest absolute Gasteiger partial charge is 0.416 e. The van der Waals surface area contributed by atoms with Crippen molar-refractivity contribution < 1.29 is 27.8 Å². The number of nitrogen functional groups attached to an aromatic ring is 1. The van der Waals surface area contributed by atoms with Gasteiger partial charge in [0, 0.05) is 53.6 Å². The number of carboxylic acid groups (broad SMARTS) is 1. The first-order valence-electron chi connectivity index (χ1n) is 20.4. The minimum Gasteiger partial charge on any atom is -0.481 e. The summed E-state index contributed by atoms with van der Waals surface area (Å²) in [6.45, 7) is 8.31. The molecule has 0 bridgehead atoms. The number of ether oxygens (including phenoxy) is 1. The number of anilines is 2. The van der Waals surface area contributed by atoms with Crippen LogP contribution in [0.3, 0.4) is 0 Å². The standard InChI is InChI=1S/C43H67F3N2O3/c1-4-7-10-11-12-13-14-15-16-17-18-19-20-21-22-23-24-33(42(49)50)29-37-36-26-25-35(48(27-8-5-2)28-9-6-3)32-39(36)51-40-31-34(47)30-38(41(37)40)43(44,45)46/h25-26,30-33,37H,4-24,27-29,47H2,1-3H3,(H,49,50). The molecule has 1 aliphatic rings. The summed E-state index contributed by atoms with van der Waals surface area (Å²) in [4.78, 5) is 14.9. The molecule has 0 aliphatic carbocycles. The molecular formula is C43H67F3N2O3. The van der Waals surface area contributed by atoms with Gasteiger partial charge >= 0.3 is 12.1 Å². The SMILES string of the molecule is CCCCCCCCCCCCCCCCCCC(CC1c2ccc(N(CCCC)CCCC)cc2Oc2cc(N)cc(C(F)(F)F)c21)C(=O)O. The van der Waals surface area contributed by atoms with Gasteiger partial charge in [-0.2, -0.15) is 13.2 Å². The maximum absolute atomic E-state index is 14.5. The Kier molecular flexibility index (Phi) is 19.1. The van der Waals surface area contributed by atoms with Crippen molar-refractivity contribution in [3.8, 4) is 11.5 Å². The van der Waals surface area contributed by atoms with Crippen molar-refractivity contribution in [1.82, 2.24) is 0 Å². The fourth-order valence-electron chi connectivity index (χ4n) is 7.57. The van der Waals surface area contributed by atoms with Gasteiger partial charge in [0.15, 0.2) is 0 Å². The monoisotopic (exact) mass is 717 g/mol. The number of hydrogen-bond donors (Lipinski definition) is 2. The van der Waals surface area contributed by atoms with Crippen LogP contribution in [0.4, 0.5) is 24.5 Å². The Balaban J connectivity index is 1.62. The van der Waals surface area contributed by atoms with E-state index in [0.717, 1.165) is 76.2 Å². The predicted molar refractivity (Wildman–Crippen MR) is 206 cm³/mol. The van der Waals surface area contributed by atoms with Crippen molar-refractivity contribution in [3.05, 3.63) is 47.0 Å². The molecule has 0 radical (unpaired) electrons. The Morgan fingerprint density at radius 3 is 1.75 bits per heavy atom. The number of halogens is 3. The van der Waals surface area contributed by atoms with E-state index in [4.69, 9.17) is 10.5 Å². The number of hydrogen-bond acceptors (Lipinski definition) is 4. The summed E-state index contributed by atoms with van der Waals surface area (Å²) in [5.74, 6) is -1.97. The van der Waals surface area contributed by atoms with Gasteiger partial charge in [0.25, 0.3) is 0 Å². The lowest BCUT2D eigenvalue weighted by Gasteiger charge is -2.34. The second kappa shape index (κ2) is 22.9. The van der Waals surface area contributed by atoms with E-state index >= 15 is 0 Å². The summed E-state index contributed by atoms with van der Waals surface area (Å²) in [5, 5.41) is 10.3. The summed E-state index contributed by atoms with van der Waals surface area (Å²) in [6, 6.07) is 8.13. The van der Waals surface area contributed by atoms with Gasteiger partial charge in [-0.25, -0.2) is 0 Å². The Bertz CT molecular complexity index is 1290. The lowest BCUT2D eigenvalue weighted by atomic mass is 9.78. The van der Waals surface area contributed by atoms with Gasteiger partial charge < -0.3 is 20.5 Å². The van der Waals surface area contributed by atoms with Crippen LogP contribution in [0.5, 0.6) is 11.5 Å². The molecule has 288 valence electrons. The fourth-order valence-corrected chi connectivity index (χ4v) is 7.57. The fraction of sp³-hybridized carbons (Fsp3) is 0.698. The molecule has 0 amide bonds. The third kappa shape index (κ3) is 14.2. The zero-order valence-corrected chi connectivity index (χ0v) is 31.9. The van der Waals surface area contributed by atoms with E-state index in [9.17, 15) is 23.1 Å². The molecule has 0 aromatic heterocycles. The van der Waals surface area contributed by atoms with Gasteiger partial charge in [-0.3, -0.25) is 4.79 Å². The van der Waals surface area contributed by atoms with E-state index in [1.807, 2.05) is 18.2 Å². The first-order chi connectivity index (χ1) is 24.6. The van der Waals surface area contributed by atoms with Crippen molar-refractivity contribution in [3.63, 3.8) is 0 Å². The molecule has 3 rings (SSSR count).